The number of hydrogen-bond donors (Lipinski definition) is 1. The van der Waals surface area contributed by atoms with Crippen LogP contribution in [0.1, 0.15) is 12.8 Å². The van der Waals surface area contributed by atoms with Crippen LogP contribution < -0.4 is 4.74 Å². The summed E-state index contributed by atoms with van der Waals surface area (Å²) in [6.07, 6.45) is 1.43. The van der Waals surface area contributed by atoms with E-state index in [2.05, 4.69) is 15.9 Å². The van der Waals surface area contributed by atoms with Crippen molar-refractivity contribution in [2.75, 3.05) is 6.61 Å². The van der Waals surface area contributed by atoms with Gasteiger partial charge in [0, 0.05) is 0 Å². The Morgan fingerprint density at radius 3 is 2.67 bits per heavy atom. The Hall–Kier alpha value is -1.03. The molecule has 0 atom stereocenters. The van der Waals surface area contributed by atoms with Gasteiger partial charge in [0.15, 0.2) is 0 Å². The Morgan fingerprint density at radius 1 is 1.47 bits per heavy atom. The molecule has 0 saturated heterocycles. The summed E-state index contributed by atoms with van der Waals surface area (Å²) in [6, 6.07) is 7.44. The quantitative estimate of drug-likeness (QED) is 0.915. The van der Waals surface area contributed by atoms with E-state index in [4.69, 9.17) is 9.84 Å². The molecule has 0 bridgehead atoms. The molecule has 1 saturated carbocycles. The van der Waals surface area contributed by atoms with Crippen LogP contribution in [0.5, 0.6) is 5.75 Å². The molecule has 0 unspecified atom stereocenters. The molecule has 3 nitrogen and oxygen atoms in total. The summed E-state index contributed by atoms with van der Waals surface area (Å²) in [6.45, 7) is 0.255. The highest BCUT2D eigenvalue weighted by Gasteiger charge is 2.51. The molecule has 1 fully saturated rings. The fourth-order valence-corrected chi connectivity index (χ4v) is 1.75. The zero-order valence-corrected chi connectivity index (χ0v) is 9.66. The van der Waals surface area contributed by atoms with Gasteiger partial charge in [0.2, 0.25) is 0 Å². The summed E-state index contributed by atoms with van der Waals surface area (Å²) in [4.78, 5) is 10.9. The first-order valence-electron chi connectivity index (χ1n) is 4.75. The van der Waals surface area contributed by atoms with Crippen molar-refractivity contribution in [3.05, 3.63) is 28.7 Å². The molecule has 0 spiro atoms. The van der Waals surface area contributed by atoms with Crippen molar-refractivity contribution in [1.29, 1.82) is 0 Å². The lowest BCUT2D eigenvalue weighted by molar-refractivity contribution is -0.144. The molecule has 0 amide bonds. The van der Waals surface area contributed by atoms with Crippen molar-refractivity contribution in [3.8, 4) is 5.75 Å². The van der Waals surface area contributed by atoms with Gasteiger partial charge >= 0.3 is 5.97 Å². The number of para-hydroxylation sites is 1. The molecule has 0 heterocycles. The van der Waals surface area contributed by atoms with Crippen LogP contribution in [-0.2, 0) is 4.79 Å². The average Bonchev–Trinajstić information content (AvgIpc) is 2.98. The predicted molar refractivity (Wildman–Crippen MR) is 58.9 cm³/mol. The van der Waals surface area contributed by atoms with Crippen molar-refractivity contribution in [1.82, 2.24) is 0 Å². The standard InChI is InChI=1S/C11H11BrO3/c12-8-3-1-2-4-9(8)15-7-11(5-6-11)10(13)14/h1-4H,5-7H2,(H,13,14). The molecular formula is C11H11BrO3. The smallest absolute Gasteiger partial charge is 0.313 e. The van der Waals surface area contributed by atoms with E-state index >= 15 is 0 Å². The summed E-state index contributed by atoms with van der Waals surface area (Å²) in [5.41, 5.74) is -0.630. The van der Waals surface area contributed by atoms with Crippen LogP contribution in [0, 0.1) is 5.41 Å². The summed E-state index contributed by atoms with van der Waals surface area (Å²) in [5.74, 6) is -0.0559. The number of carboxylic acids is 1. The van der Waals surface area contributed by atoms with Gasteiger partial charge in [-0.1, -0.05) is 12.1 Å². The third kappa shape index (κ3) is 2.15. The van der Waals surface area contributed by atoms with Crippen LogP contribution in [0.25, 0.3) is 0 Å². The first-order valence-corrected chi connectivity index (χ1v) is 5.54. The Balaban J connectivity index is 2.00. The minimum Gasteiger partial charge on any atom is -0.491 e. The van der Waals surface area contributed by atoms with Crippen molar-refractivity contribution in [2.24, 2.45) is 5.41 Å². The van der Waals surface area contributed by atoms with Gasteiger partial charge in [-0.25, -0.2) is 0 Å². The minimum absolute atomic E-state index is 0.255. The number of hydrogen-bond acceptors (Lipinski definition) is 2. The lowest BCUT2D eigenvalue weighted by atomic mass is 10.1. The topological polar surface area (TPSA) is 46.5 Å². The van der Waals surface area contributed by atoms with Crippen LogP contribution in [-0.4, -0.2) is 17.7 Å². The number of carbonyl (C=O) groups is 1. The summed E-state index contributed by atoms with van der Waals surface area (Å²) in [5, 5.41) is 8.96. The van der Waals surface area contributed by atoms with Crippen molar-refractivity contribution in [2.45, 2.75) is 12.8 Å². The first kappa shape index (κ1) is 10.5. The average molecular weight is 271 g/mol. The zero-order chi connectivity index (χ0) is 10.9. The van der Waals surface area contributed by atoms with Crippen LogP contribution in [0.15, 0.2) is 28.7 Å². The SMILES string of the molecule is O=C(O)C1(COc2ccccc2Br)CC1. The second kappa shape index (κ2) is 3.85. The Labute approximate surface area is 96.2 Å². The minimum atomic E-state index is -0.755. The normalized spacial score (nSPS) is 17.1. The van der Waals surface area contributed by atoms with Gasteiger partial charge in [-0.15, -0.1) is 0 Å². The lowest BCUT2D eigenvalue weighted by Gasteiger charge is -2.12. The number of aliphatic carboxylic acids is 1. The maximum absolute atomic E-state index is 10.9. The van der Waals surface area contributed by atoms with Crippen LogP contribution in [0.4, 0.5) is 0 Å². The molecule has 0 aromatic heterocycles. The molecule has 1 aromatic carbocycles. The Bertz CT molecular complexity index is 385. The second-order valence-electron chi connectivity index (χ2n) is 3.80. The zero-order valence-electron chi connectivity index (χ0n) is 8.07. The van der Waals surface area contributed by atoms with E-state index in [-0.39, 0.29) is 6.61 Å². The van der Waals surface area contributed by atoms with E-state index < -0.39 is 11.4 Å². The van der Waals surface area contributed by atoms with Gasteiger partial charge in [-0.3, -0.25) is 4.79 Å². The fourth-order valence-electron chi connectivity index (χ4n) is 1.35. The van der Waals surface area contributed by atoms with Gasteiger partial charge in [-0.2, -0.15) is 0 Å². The van der Waals surface area contributed by atoms with Gasteiger partial charge < -0.3 is 9.84 Å². The number of ether oxygens (including phenoxy) is 1. The molecule has 15 heavy (non-hydrogen) atoms. The fraction of sp³-hybridized carbons (Fsp3) is 0.364. The van der Waals surface area contributed by atoms with Gasteiger partial charge in [0.25, 0.3) is 0 Å². The Kier molecular flexibility index (Phi) is 2.69. The highest BCUT2D eigenvalue weighted by Crippen LogP contribution is 2.46. The molecule has 0 radical (unpaired) electrons. The van der Waals surface area contributed by atoms with E-state index in [0.29, 0.717) is 18.6 Å². The number of benzene rings is 1. The van der Waals surface area contributed by atoms with Crippen molar-refractivity contribution >= 4 is 21.9 Å². The van der Waals surface area contributed by atoms with Crippen LogP contribution in [0.2, 0.25) is 0 Å². The maximum atomic E-state index is 10.9. The molecule has 1 N–H and O–H groups in total. The second-order valence-corrected chi connectivity index (χ2v) is 4.66. The molecule has 80 valence electrons. The molecule has 1 aliphatic carbocycles. The third-order valence-corrected chi connectivity index (χ3v) is 3.30. The lowest BCUT2D eigenvalue weighted by Crippen LogP contribution is -2.22. The Morgan fingerprint density at radius 2 is 2.13 bits per heavy atom. The van der Waals surface area contributed by atoms with Crippen molar-refractivity contribution < 1.29 is 14.6 Å². The number of rotatable bonds is 4. The highest BCUT2D eigenvalue weighted by molar-refractivity contribution is 9.10. The van der Waals surface area contributed by atoms with Gasteiger partial charge in [0.05, 0.1) is 4.47 Å². The highest BCUT2D eigenvalue weighted by atomic mass is 79.9. The molecule has 4 heteroatoms. The summed E-state index contributed by atoms with van der Waals surface area (Å²) >= 11 is 3.35. The summed E-state index contributed by atoms with van der Waals surface area (Å²) in [7, 11) is 0. The van der Waals surface area contributed by atoms with Gasteiger partial charge in [-0.05, 0) is 40.9 Å². The number of carboxylic acid groups (broad SMARTS) is 1. The van der Waals surface area contributed by atoms with Gasteiger partial charge in [0.1, 0.15) is 17.8 Å². The molecule has 2 rings (SSSR count). The van der Waals surface area contributed by atoms with Crippen molar-refractivity contribution in [3.63, 3.8) is 0 Å². The van der Waals surface area contributed by atoms with Crippen LogP contribution >= 0.6 is 15.9 Å². The molecule has 1 aliphatic rings. The van der Waals surface area contributed by atoms with E-state index in [1.807, 2.05) is 24.3 Å². The van der Waals surface area contributed by atoms with E-state index in [1.54, 1.807) is 0 Å². The molecular weight excluding hydrogens is 260 g/mol. The maximum Gasteiger partial charge on any atom is 0.313 e. The number of halogens is 1. The molecule has 1 aromatic rings. The predicted octanol–water partition coefficient (Wildman–Crippen LogP) is 2.69. The summed E-state index contributed by atoms with van der Waals surface area (Å²) < 4.78 is 6.35. The molecule has 0 aliphatic heterocycles. The van der Waals surface area contributed by atoms with E-state index in [0.717, 1.165) is 4.47 Å². The third-order valence-electron chi connectivity index (χ3n) is 2.65. The largest absolute Gasteiger partial charge is 0.491 e. The monoisotopic (exact) mass is 270 g/mol. The van der Waals surface area contributed by atoms with Crippen LogP contribution in [0.3, 0.4) is 0 Å². The first-order chi connectivity index (χ1) is 7.14. The van der Waals surface area contributed by atoms with E-state index in [1.165, 1.54) is 0 Å². The van der Waals surface area contributed by atoms with E-state index in [9.17, 15) is 4.79 Å².